The van der Waals surface area contributed by atoms with Gasteiger partial charge in [0.05, 0.1) is 22.3 Å². The molecule has 3 N–H and O–H groups in total. The first-order valence-corrected chi connectivity index (χ1v) is 10.7. The van der Waals surface area contributed by atoms with Crippen LogP contribution in [0.3, 0.4) is 0 Å². The van der Waals surface area contributed by atoms with E-state index in [1.165, 1.54) is 30.5 Å². The molecule has 2 aromatic carbocycles. The summed E-state index contributed by atoms with van der Waals surface area (Å²) >= 11 is 6.61. The Labute approximate surface area is 194 Å². The summed E-state index contributed by atoms with van der Waals surface area (Å²) in [5.41, 5.74) is 7.80. The minimum absolute atomic E-state index is 0.0132. The van der Waals surface area contributed by atoms with Crippen molar-refractivity contribution < 1.29 is 19.1 Å². The van der Waals surface area contributed by atoms with Crippen molar-refractivity contribution in [3.8, 4) is 16.9 Å². The fraction of sp³-hybridized carbons (Fsp3) is 0.208. The fourth-order valence-electron chi connectivity index (χ4n) is 4.32. The zero-order valence-electron chi connectivity index (χ0n) is 17.9. The highest BCUT2D eigenvalue weighted by Gasteiger charge is 2.27. The van der Waals surface area contributed by atoms with Crippen LogP contribution in [-0.2, 0) is 4.79 Å². The molecule has 2 amide bonds. The number of phenols is 1. The summed E-state index contributed by atoms with van der Waals surface area (Å²) in [7, 11) is 0. The van der Waals surface area contributed by atoms with Gasteiger partial charge in [0.25, 0.3) is 5.91 Å². The maximum atomic E-state index is 14.6. The van der Waals surface area contributed by atoms with E-state index in [-0.39, 0.29) is 27.8 Å². The number of nitrogens with two attached hydrogens (primary N) is 1. The number of pyridine rings is 1. The Morgan fingerprint density at radius 3 is 2.55 bits per heavy atom. The highest BCUT2D eigenvalue weighted by atomic mass is 35.5. The van der Waals surface area contributed by atoms with Crippen LogP contribution in [0.25, 0.3) is 22.0 Å². The monoisotopic (exact) mass is 468 g/mol. The van der Waals surface area contributed by atoms with E-state index in [0.717, 1.165) is 0 Å². The summed E-state index contributed by atoms with van der Waals surface area (Å²) in [6.45, 7) is 7.07. The number of carbonyl (C=O) groups is 2. The van der Waals surface area contributed by atoms with E-state index < -0.39 is 11.7 Å². The van der Waals surface area contributed by atoms with Crippen molar-refractivity contribution in [3.63, 3.8) is 0 Å². The standard InChI is InChI=1S/C24H22ClFN4O3/c1-3-19(32)29-7-9-30(10-8-29)23-14-11-16(25)20(21-17(26)5-4-6-18(21)31)13(2)22(14)28-12-15(23)24(27)33/h3-6,11-12,31H,1,7-10H2,2H3,(H2,27,33). The van der Waals surface area contributed by atoms with Gasteiger partial charge in [0.2, 0.25) is 5.91 Å². The number of nitrogens with zero attached hydrogens (tertiary/aromatic N) is 3. The molecule has 4 rings (SSSR count). The zero-order chi connectivity index (χ0) is 23.9. The van der Waals surface area contributed by atoms with E-state index in [1.807, 2.05) is 4.90 Å². The molecule has 170 valence electrons. The number of aromatic hydroxyl groups is 1. The van der Waals surface area contributed by atoms with Crippen molar-refractivity contribution in [2.75, 3.05) is 31.1 Å². The largest absolute Gasteiger partial charge is 0.507 e. The van der Waals surface area contributed by atoms with Crippen molar-refractivity contribution in [1.82, 2.24) is 9.88 Å². The van der Waals surface area contributed by atoms with E-state index in [0.29, 0.717) is 53.9 Å². The SMILES string of the molecule is C=CC(=O)N1CCN(c2c(C(N)=O)cnc3c(C)c(-c4c(O)cccc4F)c(Cl)cc23)CC1. The molecule has 0 spiro atoms. The van der Waals surface area contributed by atoms with E-state index in [2.05, 4.69) is 11.6 Å². The number of anilines is 1. The normalized spacial score (nSPS) is 13.9. The molecule has 0 radical (unpaired) electrons. The smallest absolute Gasteiger partial charge is 0.252 e. The molecule has 2 heterocycles. The van der Waals surface area contributed by atoms with Crippen LogP contribution in [0, 0.1) is 12.7 Å². The van der Waals surface area contributed by atoms with Crippen LogP contribution in [-0.4, -0.2) is 53.0 Å². The van der Waals surface area contributed by atoms with Crippen molar-refractivity contribution in [1.29, 1.82) is 0 Å². The second kappa shape index (κ2) is 8.71. The van der Waals surface area contributed by atoms with Crippen LogP contribution >= 0.6 is 11.6 Å². The van der Waals surface area contributed by atoms with Gasteiger partial charge in [-0.05, 0) is 36.8 Å². The second-order valence-corrected chi connectivity index (χ2v) is 8.20. The van der Waals surface area contributed by atoms with Crippen molar-refractivity contribution in [2.24, 2.45) is 5.73 Å². The molecular weight excluding hydrogens is 447 g/mol. The van der Waals surface area contributed by atoms with Gasteiger partial charge in [-0.3, -0.25) is 14.6 Å². The summed E-state index contributed by atoms with van der Waals surface area (Å²) in [5, 5.41) is 11.1. The average Bonchev–Trinajstić information content (AvgIpc) is 2.79. The molecule has 3 aromatic rings. The first kappa shape index (κ1) is 22.5. The number of fused-ring (bicyclic) bond motifs is 1. The van der Waals surface area contributed by atoms with Gasteiger partial charge in [0, 0.05) is 48.3 Å². The average molecular weight is 469 g/mol. The molecule has 0 bridgehead atoms. The Balaban J connectivity index is 1.90. The predicted molar refractivity (Wildman–Crippen MR) is 126 cm³/mol. The minimum atomic E-state index is -0.645. The maximum absolute atomic E-state index is 14.6. The molecule has 33 heavy (non-hydrogen) atoms. The molecule has 1 saturated heterocycles. The van der Waals surface area contributed by atoms with Gasteiger partial charge < -0.3 is 20.6 Å². The molecule has 0 unspecified atom stereocenters. The van der Waals surface area contributed by atoms with Gasteiger partial charge in [0.15, 0.2) is 0 Å². The number of aryl methyl sites for hydroxylation is 1. The summed E-state index contributed by atoms with van der Waals surface area (Å²) in [4.78, 5) is 32.3. The van der Waals surface area contributed by atoms with E-state index in [1.54, 1.807) is 17.9 Å². The number of benzene rings is 2. The third-order valence-electron chi connectivity index (χ3n) is 5.92. The van der Waals surface area contributed by atoms with Gasteiger partial charge in [0.1, 0.15) is 11.6 Å². The number of phenolic OH excluding ortho intramolecular Hbond substituents is 1. The molecule has 1 fully saturated rings. The number of rotatable bonds is 4. The third-order valence-corrected chi connectivity index (χ3v) is 6.22. The number of piperazine rings is 1. The molecule has 0 atom stereocenters. The Kier molecular flexibility index (Phi) is 5.95. The van der Waals surface area contributed by atoms with Crippen LogP contribution in [0.5, 0.6) is 5.75 Å². The Bertz CT molecular complexity index is 1280. The first-order valence-electron chi connectivity index (χ1n) is 10.3. The Morgan fingerprint density at radius 2 is 1.94 bits per heavy atom. The van der Waals surface area contributed by atoms with E-state index in [4.69, 9.17) is 17.3 Å². The fourth-order valence-corrected chi connectivity index (χ4v) is 4.66. The quantitative estimate of drug-likeness (QED) is 0.569. The molecule has 9 heteroatoms. The lowest BCUT2D eigenvalue weighted by Gasteiger charge is -2.37. The maximum Gasteiger partial charge on any atom is 0.252 e. The van der Waals surface area contributed by atoms with Crippen LogP contribution in [0.2, 0.25) is 5.02 Å². The zero-order valence-corrected chi connectivity index (χ0v) is 18.7. The topological polar surface area (TPSA) is 99.8 Å². The summed E-state index contributed by atoms with van der Waals surface area (Å²) < 4.78 is 14.6. The highest BCUT2D eigenvalue weighted by Crippen LogP contribution is 2.43. The molecular formula is C24H22ClFN4O3. The molecule has 1 aliphatic rings. The number of primary amides is 1. The Hall–Kier alpha value is -3.65. The third kappa shape index (κ3) is 3.87. The summed E-state index contributed by atoms with van der Waals surface area (Å²) in [5.74, 6) is -1.65. The number of aromatic nitrogens is 1. The lowest BCUT2D eigenvalue weighted by molar-refractivity contribution is -0.126. The molecule has 1 aromatic heterocycles. The summed E-state index contributed by atoms with van der Waals surface area (Å²) in [6.07, 6.45) is 2.67. The van der Waals surface area contributed by atoms with Crippen LogP contribution < -0.4 is 10.6 Å². The molecule has 0 aliphatic carbocycles. The van der Waals surface area contributed by atoms with Gasteiger partial charge in [-0.25, -0.2) is 4.39 Å². The van der Waals surface area contributed by atoms with Crippen LogP contribution in [0.1, 0.15) is 15.9 Å². The molecule has 7 nitrogen and oxygen atoms in total. The van der Waals surface area contributed by atoms with Gasteiger partial charge in [-0.15, -0.1) is 0 Å². The lowest BCUT2D eigenvalue weighted by Crippen LogP contribution is -2.48. The Morgan fingerprint density at radius 1 is 1.24 bits per heavy atom. The first-order chi connectivity index (χ1) is 15.7. The van der Waals surface area contributed by atoms with Gasteiger partial charge in [-0.2, -0.15) is 0 Å². The van der Waals surface area contributed by atoms with Crippen LogP contribution in [0.4, 0.5) is 10.1 Å². The van der Waals surface area contributed by atoms with Crippen LogP contribution in [0.15, 0.2) is 43.1 Å². The predicted octanol–water partition coefficient (Wildman–Crippen LogP) is 3.64. The van der Waals surface area contributed by atoms with E-state index >= 15 is 0 Å². The number of halogens is 2. The number of hydrogen-bond donors (Lipinski definition) is 2. The number of hydrogen-bond acceptors (Lipinski definition) is 5. The van der Waals surface area contributed by atoms with Gasteiger partial charge in [-0.1, -0.05) is 24.2 Å². The molecule has 1 aliphatic heterocycles. The number of amides is 2. The highest BCUT2D eigenvalue weighted by molar-refractivity contribution is 6.35. The minimum Gasteiger partial charge on any atom is -0.507 e. The van der Waals surface area contributed by atoms with Gasteiger partial charge >= 0.3 is 0 Å². The van der Waals surface area contributed by atoms with Crippen molar-refractivity contribution >= 4 is 40.0 Å². The van der Waals surface area contributed by atoms with E-state index in [9.17, 15) is 19.1 Å². The summed E-state index contributed by atoms with van der Waals surface area (Å²) in [6, 6.07) is 5.65. The molecule has 0 saturated carbocycles. The lowest BCUT2D eigenvalue weighted by atomic mass is 9.94. The number of carbonyl (C=O) groups excluding carboxylic acids is 2. The van der Waals surface area contributed by atoms with Crippen molar-refractivity contribution in [2.45, 2.75) is 6.92 Å². The van der Waals surface area contributed by atoms with Crippen molar-refractivity contribution in [3.05, 3.63) is 65.1 Å². The second-order valence-electron chi connectivity index (χ2n) is 7.79.